The molecule has 2 heterocycles. The van der Waals surface area contributed by atoms with Crippen LogP contribution in [0.4, 0.5) is 0 Å². The van der Waals surface area contributed by atoms with E-state index >= 15 is 0 Å². The van der Waals surface area contributed by atoms with Gasteiger partial charge in [0.15, 0.2) is 17.5 Å². The van der Waals surface area contributed by atoms with Gasteiger partial charge in [-0.3, -0.25) is 0 Å². The van der Waals surface area contributed by atoms with E-state index in [-0.39, 0.29) is 0 Å². The standard InChI is InChI=1S/C39H26N4/c1-4-13-27(14-5-1)28-23-25-31(26-24-28)43-34-21-11-10-19-32(34)36-33(20-12-22-35(36)43)39-41-37(29-15-6-2-7-16-29)40-38(42-39)30-17-8-3-9-18-30/h1-26H. The topological polar surface area (TPSA) is 43.6 Å². The van der Waals surface area contributed by atoms with Crippen LogP contribution < -0.4 is 0 Å². The van der Waals surface area contributed by atoms with Crippen molar-refractivity contribution in [2.24, 2.45) is 0 Å². The fourth-order valence-electron chi connectivity index (χ4n) is 5.85. The maximum absolute atomic E-state index is 5.05. The molecule has 0 spiro atoms. The van der Waals surface area contributed by atoms with Crippen LogP contribution in [0.15, 0.2) is 158 Å². The van der Waals surface area contributed by atoms with Crippen molar-refractivity contribution in [3.05, 3.63) is 158 Å². The molecule has 8 aromatic rings. The molecule has 0 N–H and O–H groups in total. The third kappa shape index (κ3) is 4.46. The number of nitrogens with zero attached hydrogens (tertiary/aromatic N) is 4. The van der Waals surface area contributed by atoms with E-state index in [0.717, 1.165) is 44.2 Å². The molecular weight excluding hydrogens is 524 g/mol. The normalized spacial score (nSPS) is 11.3. The molecule has 0 bridgehead atoms. The second kappa shape index (κ2) is 10.5. The van der Waals surface area contributed by atoms with Gasteiger partial charge in [-0.05, 0) is 35.4 Å². The van der Waals surface area contributed by atoms with Gasteiger partial charge in [-0.2, -0.15) is 0 Å². The molecule has 0 fully saturated rings. The van der Waals surface area contributed by atoms with Crippen LogP contribution in [0, 0.1) is 0 Å². The van der Waals surface area contributed by atoms with Crippen LogP contribution in [0.2, 0.25) is 0 Å². The molecule has 0 saturated carbocycles. The van der Waals surface area contributed by atoms with Crippen LogP contribution in [0.1, 0.15) is 0 Å². The van der Waals surface area contributed by atoms with Crippen LogP contribution >= 0.6 is 0 Å². The van der Waals surface area contributed by atoms with E-state index in [1.54, 1.807) is 0 Å². The van der Waals surface area contributed by atoms with Gasteiger partial charge in [0.1, 0.15) is 0 Å². The molecule has 2 aromatic heterocycles. The average Bonchev–Trinajstić information content (AvgIpc) is 3.44. The first-order valence-corrected chi connectivity index (χ1v) is 14.4. The lowest BCUT2D eigenvalue weighted by Gasteiger charge is -2.11. The van der Waals surface area contributed by atoms with E-state index in [1.807, 2.05) is 66.7 Å². The Balaban J connectivity index is 1.36. The smallest absolute Gasteiger partial charge is 0.164 e. The zero-order chi connectivity index (χ0) is 28.6. The molecular formula is C39H26N4. The van der Waals surface area contributed by atoms with Crippen molar-refractivity contribution in [2.45, 2.75) is 0 Å². The number of hydrogen-bond donors (Lipinski definition) is 0. The molecule has 0 radical (unpaired) electrons. The molecule has 0 amide bonds. The Morgan fingerprint density at radius 1 is 0.349 bits per heavy atom. The highest BCUT2D eigenvalue weighted by molar-refractivity contribution is 6.15. The zero-order valence-electron chi connectivity index (χ0n) is 23.3. The Kier molecular flexibility index (Phi) is 6.08. The summed E-state index contributed by atoms with van der Waals surface area (Å²) >= 11 is 0. The summed E-state index contributed by atoms with van der Waals surface area (Å²) in [5.41, 5.74) is 8.63. The van der Waals surface area contributed by atoms with Crippen LogP contribution in [0.5, 0.6) is 0 Å². The SMILES string of the molecule is c1ccc(-c2ccc(-n3c4ccccc4c4c(-c5nc(-c6ccccc6)nc(-c6ccccc6)n5)cccc43)cc2)cc1. The number of para-hydroxylation sites is 1. The van der Waals surface area contributed by atoms with Gasteiger partial charge < -0.3 is 4.57 Å². The molecule has 0 atom stereocenters. The van der Waals surface area contributed by atoms with Gasteiger partial charge in [0.2, 0.25) is 0 Å². The Hall–Kier alpha value is -5.87. The maximum atomic E-state index is 5.05. The zero-order valence-corrected chi connectivity index (χ0v) is 23.3. The predicted molar refractivity (Wildman–Crippen MR) is 176 cm³/mol. The van der Waals surface area contributed by atoms with Crippen molar-refractivity contribution < 1.29 is 0 Å². The first-order chi connectivity index (χ1) is 21.3. The Bertz CT molecular complexity index is 2150. The first kappa shape index (κ1) is 24.9. The minimum atomic E-state index is 0.653. The largest absolute Gasteiger partial charge is 0.309 e. The predicted octanol–water partition coefficient (Wildman–Crippen LogP) is 9.64. The quantitative estimate of drug-likeness (QED) is 0.214. The highest BCUT2D eigenvalue weighted by Crippen LogP contribution is 2.38. The second-order valence-corrected chi connectivity index (χ2v) is 10.5. The van der Waals surface area contributed by atoms with Crippen molar-refractivity contribution >= 4 is 21.8 Å². The summed E-state index contributed by atoms with van der Waals surface area (Å²) in [6.07, 6.45) is 0. The molecule has 8 rings (SSSR count). The molecule has 0 unspecified atom stereocenters. The summed E-state index contributed by atoms with van der Waals surface area (Å²) < 4.78 is 2.33. The molecule has 202 valence electrons. The Labute approximate surface area is 249 Å². The molecule has 0 aliphatic heterocycles. The summed E-state index contributed by atoms with van der Waals surface area (Å²) in [4.78, 5) is 15.0. The highest BCUT2D eigenvalue weighted by atomic mass is 15.0. The molecule has 4 nitrogen and oxygen atoms in total. The second-order valence-electron chi connectivity index (χ2n) is 10.5. The Morgan fingerprint density at radius 2 is 0.837 bits per heavy atom. The number of hydrogen-bond acceptors (Lipinski definition) is 3. The summed E-state index contributed by atoms with van der Waals surface area (Å²) in [5, 5.41) is 2.28. The lowest BCUT2D eigenvalue weighted by Crippen LogP contribution is -2.00. The fraction of sp³-hybridized carbons (Fsp3) is 0. The van der Waals surface area contributed by atoms with Gasteiger partial charge in [-0.15, -0.1) is 0 Å². The molecule has 6 aromatic carbocycles. The van der Waals surface area contributed by atoms with E-state index in [2.05, 4.69) is 95.6 Å². The van der Waals surface area contributed by atoms with E-state index in [9.17, 15) is 0 Å². The van der Waals surface area contributed by atoms with Gasteiger partial charge in [-0.25, -0.2) is 15.0 Å². The van der Waals surface area contributed by atoms with Gasteiger partial charge in [-0.1, -0.05) is 133 Å². The minimum Gasteiger partial charge on any atom is -0.309 e. The highest BCUT2D eigenvalue weighted by Gasteiger charge is 2.19. The summed E-state index contributed by atoms with van der Waals surface area (Å²) in [5.74, 6) is 1.96. The molecule has 43 heavy (non-hydrogen) atoms. The van der Waals surface area contributed by atoms with Crippen molar-refractivity contribution in [2.75, 3.05) is 0 Å². The Morgan fingerprint density at radius 3 is 1.47 bits per heavy atom. The van der Waals surface area contributed by atoms with E-state index in [0.29, 0.717) is 17.5 Å². The average molecular weight is 551 g/mol. The number of fused-ring (bicyclic) bond motifs is 3. The molecule has 4 heteroatoms. The monoisotopic (exact) mass is 550 g/mol. The molecule has 0 saturated heterocycles. The van der Waals surface area contributed by atoms with E-state index in [1.165, 1.54) is 11.1 Å². The third-order valence-electron chi connectivity index (χ3n) is 7.87. The lowest BCUT2D eigenvalue weighted by atomic mass is 10.1. The lowest BCUT2D eigenvalue weighted by molar-refractivity contribution is 1.08. The number of aromatic nitrogens is 4. The van der Waals surface area contributed by atoms with Gasteiger partial charge in [0.25, 0.3) is 0 Å². The van der Waals surface area contributed by atoms with Gasteiger partial charge in [0.05, 0.1) is 11.0 Å². The first-order valence-electron chi connectivity index (χ1n) is 14.4. The van der Waals surface area contributed by atoms with Gasteiger partial charge >= 0.3 is 0 Å². The van der Waals surface area contributed by atoms with Crippen LogP contribution in [-0.4, -0.2) is 19.5 Å². The maximum Gasteiger partial charge on any atom is 0.164 e. The molecule has 0 aliphatic carbocycles. The van der Waals surface area contributed by atoms with Crippen LogP contribution in [-0.2, 0) is 0 Å². The van der Waals surface area contributed by atoms with Gasteiger partial charge in [0, 0.05) is 33.2 Å². The minimum absolute atomic E-state index is 0.653. The van der Waals surface area contributed by atoms with Crippen molar-refractivity contribution in [3.63, 3.8) is 0 Å². The summed E-state index contributed by atoms with van der Waals surface area (Å²) in [7, 11) is 0. The van der Waals surface area contributed by atoms with E-state index in [4.69, 9.17) is 15.0 Å². The number of benzene rings is 6. The summed E-state index contributed by atoms with van der Waals surface area (Å²) in [6, 6.07) is 54.5. The van der Waals surface area contributed by atoms with Crippen LogP contribution in [0.25, 0.3) is 72.8 Å². The van der Waals surface area contributed by atoms with E-state index < -0.39 is 0 Å². The van der Waals surface area contributed by atoms with Crippen molar-refractivity contribution in [1.29, 1.82) is 0 Å². The van der Waals surface area contributed by atoms with Crippen molar-refractivity contribution in [1.82, 2.24) is 19.5 Å². The third-order valence-corrected chi connectivity index (χ3v) is 7.87. The number of rotatable bonds is 5. The van der Waals surface area contributed by atoms with Crippen molar-refractivity contribution in [3.8, 4) is 51.0 Å². The summed E-state index contributed by atoms with van der Waals surface area (Å²) in [6.45, 7) is 0. The molecule has 0 aliphatic rings. The fourth-order valence-corrected chi connectivity index (χ4v) is 5.85. The van der Waals surface area contributed by atoms with Crippen LogP contribution in [0.3, 0.4) is 0 Å².